The van der Waals surface area contributed by atoms with E-state index in [1.54, 1.807) is 19.4 Å². The Kier molecular flexibility index (Phi) is 4.50. The molecule has 1 N–H and O–H groups in total. The molecule has 1 aliphatic heterocycles. The molecule has 0 aromatic carbocycles. The second-order valence-electron chi connectivity index (χ2n) is 4.60. The summed E-state index contributed by atoms with van der Waals surface area (Å²) in [6.45, 7) is 1.68. The van der Waals surface area contributed by atoms with E-state index in [0.29, 0.717) is 11.5 Å². The molecular formula is C13H20N4O. The highest BCUT2D eigenvalue weighted by Crippen LogP contribution is 2.13. The number of rotatable bonds is 2. The highest BCUT2D eigenvalue weighted by atomic mass is 16.2. The summed E-state index contributed by atoms with van der Waals surface area (Å²) in [6.07, 6.45) is 9.05. The lowest BCUT2D eigenvalue weighted by Crippen LogP contribution is -2.34. The summed E-state index contributed by atoms with van der Waals surface area (Å²) in [5.74, 6) is 0.634. The van der Waals surface area contributed by atoms with Crippen LogP contribution in [0.3, 0.4) is 0 Å². The standard InChI is InChI=1S/C13H20N4O/c1-14-12-10-15-9-11(16-12)13(18)17-7-5-3-2-4-6-8-17/h9-10H,2-8H2,1H3,(H,14,16). The average Bonchev–Trinajstić information content (AvgIpc) is 2.38. The van der Waals surface area contributed by atoms with Gasteiger partial charge in [-0.2, -0.15) is 0 Å². The Labute approximate surface area is 108 Å². The van der Waals surface area contributed by atoms with Crippen LogP contribution in [0.4, 0.5) is 5.82 Å². The van der Waals surface area contributed by atoms with Gasteiger partial charge in [0.15, 0.2) is 0 Å². The first kappa shape index (κ1) is 12.8. The summed E-state index contributed by atoms with van der Waals surface area (Å²) in [6, 6.07) is 0. The van der Waals surface area contributed by atoms with Crippen molar-refractivity contribution in [2.45, 2.75) is 32.1 Å². The van der Waals surface area contributed by atoms with Crippen LogP contribution in [0.25, 0.3) is 0 Å². The Bertz CT molecular complexity index is 400. The second kappa shape index (κ2) is 6.33. The lowest BCUT2D eigenvalue weighted by Gasteiger charge is -2.24. The molecule has 1 aliphatic rings. The molecule has 5 nitrogen and oxygen atoms in total. The first-order valence-corrected chi connectivity index (χ1v) is 6.60. The largest absolute Gasteiger partial charge is 0.372 e. The Hall–Kier alpha value is -1.65. The third-order valence-electron chi connectivity index (χ3n) is 3.25. The Morgan fingerprint density at radius 2 is 1.83 bits per heavy atom. The molecule has 0 saturated carbocycles. The summed E-state index contributed by atoms with van der Waals surface area (Å²) in [7, 11) is 1.77. The van der Waals surface area contributed by atoms with Crippen LogP contribution in [0.1, 0.15) is 42.6 Å². The topological polar surface area (TPSA) is 58.1 Å². The minimum Gasteiger partial charge on any atom is -0.372 e. The van der Waals surface area contributed by atoms with Crippen molar-refractivity contribution in [3.05, 3.63) is 18.1 Å². The normalized spacial score (nSPS) is 16.8. The molecule has 2 heterocycles. The van der Waals surface area contributed by atoms with Gasteiger partial charge in [-0.05, 0) is 12.8 Å². The molecule has 0 unspecified atom stereocenters. The van der Waals surface area contributed by atoms with Gasteiger partial charge < -0.3 is 10.2 Å². The number of anilines is 1. The molecule has 0 atom stereocenters. The molecule has 2 rings (SSSR count). The third-order valence-corrected chi connectivity index (χ3v) is 3.25. The first-order valence-electron chi connectivity index (χ1n) is 6.60. The van der Waals surface area contributed by atoms with Gasteiger partial charge in [-0.25, -0.2) is 4.98 Å². The fraction of sp³-hybridized carbons (Fsp3) is 0.615. The average molecular weight is 248 g/mol. The molecule has 0 spiro atoms. The summed E-state index contributed by atoms with van der Waals surface area (Å²) < 4.78 is 0. The molecule has 0 bridgehead atoms. The first-order chi connectivity index (χ1) is 8.81. The van der Waals surface area contributed by atoms with Crippen LogP contribution < -0.4 is 5.32 Å². The lowest BCUT2D eigenvalue weighted by molar-refractivity contribution is 0.0736. The zero-order valence-corrected chi connectivity index (χ0v) is 10.9. The van der Waals surface area contributed by atoms with E-state index >= 15 is 0 Å². The number of aromatic nitrogens is 2. The van der Waals surface area contributed by atoms with Crippen LogP contribution in [0, 0.1) is 0 Å². The van der Waals surface area contributed by atoms with E-state index in [9.17, 15) is 4.79 Å². The SMILES string of the molecule is CNc1cncc(C(=O)N2CCCCCCC2)n1. The number of nitrogens with one attached hydrogen (secondary N) is 1. The number of likely N-dealkylation sites (tertiary alicyclic amines) is 1. The smallest absolute Gasteiger partial charge is 0.274 e. The number of carbonyl (C=O) groups excluding carboxylic acids is 1. The van der Waals surface area contributed by atoms with E-state index in [1.807, 2.05) is 4.90 Å². The Morgan fingerprint density at radius 3 is 2.50 bits per heavy atom. The number of amides is 1. The van der Waals surface area contributed by atoms with Crippen molar-refractivity contribution >= 4 is 11.7 Å². The van der Waals surface area contributed by atoms with Crippen LogP contribution >= 0.6 is 0 Å². The molecule has 5 heteroatoms. The lowest BCUT2D eigenvalue weighted by atomic mass is 10.1. The zero-order valence-electron chi connectivity index (χ0n) is 10.9. The van der Waals surface area contributed by atoms with Crippen molar-refractivity contribution in [1.29, 1.82) is 0 Å². The van der Waals surface area contributed by atoms with Crippen molar-refractivity contribution in [3.8, 4) is 0 Å². The highest BCUT2D eigenvalue weighted by molar-refractivity contribution is 5.92. The quantitative estimate of drug-likeness (QED) is 0.868. The van der Waals surface area contributed by atoms with E-state index in [0.717, 1.165) is 25.9 Å². The van der Waals surface area contributed by atoms with E-state index in [1.165, 1.54) is 19.3 Å². The molecule has 1 saturated heterocycles. The molecular weight excluding hydrogens is 228 g/mol. The van der Waals surface area contributed by atoms with Gasteiger partial charge in [0, 0.05) is 20.1 Å². The molecule has 0 radical (unpaired) electrons. The fourth-order valence-electron chi connectivity index (χ4n) is 2.20. The third kappa shape index (κ3) is 3.18. The molecule has 98 valence electrons. The zero-order chi connectivity index (χ0) is 12.8. The Balaban J connectivity index is 2.08. The van der Waals surface area contributed by atoms with Crippen LogP contribution in [-0.2, 0) is 0 Å². The van der Waals surface area contributed by atoms with E-state index < -0.39 is 0 Å². The number of carbonyl (C=O) groups is 1. The molecule has 1 aromatic rings. The minimum atomic E-state index is 0.00139. The summed E-state index contributed by atoms with van der Waals surface area (Å²) in [4.78, 5) is 22.5. The second-order valence-corrected chi connectivity index (χ2v) is 4.60. The molecule has 1 fully saturated rings. The molecule has 1 amide bonds. The van der Waals surface area contributed by atoms with E-state index in [-0.39, 0.29) is 5.91 Å². The van der Waals surface area contributed by atoms with Crippen LogP contribution in [0.5, 0.6) is 0 Å². The predicted molar refractivity (Wildman–Crippen MR) is 70.6 cm³/mol. The number of hydrogen-bond acceptors (Lipinski definition) is 4. The van der Waals surface area contributed by atoms with Gasteiger partial charge in [0.2, 0.25) is 0 Å². The van der Waals surface area contributed by atoms with Crippen LogP contribution in [0.2, 0.25) is 0 Å². The van der Waals surface area contributed by atoms with Gasteiger partial charge in [0.1, 0.15) is 11.5 Å². The van der Waals surface area contributed by atoms with Crippen molar-refractivity contribution in [3.63, 3.8) is 0 Å². The maximum Gasteiger partial charge on any atom is 0.274 e. The Morgan fingerprint density at radius 1 is 1.17 bits per heavy atom. The number of nitrogens with zero attached hydrogens (tertiary/aromatic N) is 3. The van der Waals surface area contributed by atoms with Gasteiger partial charge >= 0.3 is 0 Å². The van der Waals surface area contributed by atoms with E-state index in [2.05, 4.69) is 15.3 Å². The molecule has 1 aromatic heterocycles. The van der Waals surface area contributed by atoms with Crippen molar-refractivity contribution < 1.29 is 4.79 Å². The fourth-order valence-corrected chi connectivity index (χ4v) is 2.20. The predicted octanol–water partition coefficient (Wildman–Crippen LogP) is 1.92. The maximum atomic E-state index is 12.3. The van der Waals surface area contributed by atoms with Gasteiger partial charge in [-0.1, -0.05) is 19.3 Å². The van der Waals surface area contributed by atoms with Gasteiger partial charge in [-0.3, -0.25) is 9.78 Å². The summed E-state index contributed by atoms with van der Waals surface area (Å²) >= 11 is 0. The van der Waals surface area contributed by atoms with Gasteiger partial charge in [0.25, 0.3) is 5.91 Å². The maximum absolute atomic E-state index is 12.3. The van der Waals surface area contributed by atoms with Crippen molar-refractivity contribution in [2.75, 3.05) is 25.5 Å². The van der Waals surface area contributed by atoms with Gasteiger partial charge in [-0.15, -0.1) is 0 Å². The molecule has 18 heavy (non-hydrogen) atoms. The van der Waals surface area contributed by atoms with Gasteiger partial charge in [0.05, 0.1) is 12.4 Å². The van der Waals surface area contributed by atoms with Crippen molar-refractivity contribution in [2.24, 2.45) is 0 Å². The highest BCUT2D eigenvalue weighted by Gasteiger charge is 2.18. The van der Waals surface area contributed by atoms with E-state index in [4.69, 9.17) is 0 Å². The minimum absolute atomic E-state index is 0.00139. The molecule has 0 aliphatic carbocycles. The van der Waals surface area contributed by atoms with Crippen LogP contribution in [0.15, 0.2) is 12.4 Å². The summed E-state index contributed by atoms with van der Waals surface area (Å²) in [5.41, 5.74) is 0.433. The van der Waals surface area contributed by atoms with Crippen molar-refractivity contribution in [1.82, 2.24) is 14.9 Å². The monoisotopic (exact) mass is 248 g/mol. The summed E-state index contributed by atoms with van der Waals surface area (Å²) in [5, 5.41) is 2.90. The number of hydrogen-bond donors (Lipinski definition) is 1. The van der Waals surface area contributed by atoms with Crippen LogP contribution in [-0.4, -0.2) is 40.9 Å².